The van der Waals surface area contributed by atoms with Crippen molar-refractivity contribution in [1.29, 1.82) is 0 Å². The molecule has 1 heterocycles. The molecule has 3 nitrogen and oxygen atoms in total. The summed E-state index contributed by atoms with van der Waals surface area (Å²) >= 11 is 0. The van der Waals surface area contributed by atoms with Crippen molar-refractivity contribution < 1.29 is 17.9 Å². The van der Waals surface area contributed by atoms with Gasteiger partial charge in [-0.15, -0.1) is 0 Å². The normalized spacial score (nSPS) is 13.7. The number of rotatable bonds is 3. The molecule has 0 bridgehead atoms. The van der Waals surface area contributed by atoms with Crippen LogP contribution in [0.1, 0.15) is 18.5 Å². The summed E-state index contributed by atoms with van der Waals surface area (Å²) in [5.41, 5.74) is 4.91. The van der Waals surface area contributed by atoms with Gasteiger partial charge in [-0.1, -0.05) is 6.07 Å². The minimum Gasteiger partial charge on any atom is -0.478 e. The van der Waals surface area contributed by atoms with Crippen molar-refractivity contribution in [3.05, 3.63) is 23.9 Å². The van der Waals surface area contributed by atoms with Crippen molar-refractivity contribution >= 4 is 0 Å². The highest BCUT2D eigenvalue weighted by atomic mass is 19.4. The van der Waals surface area contributed by atoms with Crippen molar-refractivity contribution in [2.75, 3.05) is 6.61 Å². The predicted octanol–water partition coefficient (Wildman–Crippen LogP) is 2.04. The van der Waals surface area contributed by atoms with Gasteiger partial charge in [-0.25, -0.2) is 4.98 Å². The fourth-order valence-electron chi connectivity index (χ4n) is 0.998. The first-order valence-corrected chi connectivity index (χ1v) is 4.36. The minimum atomic E-state index is -4.45. The average molecular weight is 220 g/mol. The molecule has 0 saturated carbocycles. The lowest BCUT2D eigenvalue weighted by molar-refractivity contribution is -0.149. The zero-order valence-electron chi connectivity index (χ0n) is 8.08. The molecule has 0 unspecified atom stereocenters. The quantitative estimate of drug-likeness (QED) is 0.847. The molecule has 2 N–H and O–H groups in total. The van der Waals surface area contributed by atoms with Crippen molar-refractivity contribution in [3.8, 4) is 5.88 Å². The molecule has 0 aromatic carbocycles. The van der Waals surface area contributed by atoms with E-state index in [-0.39, 0.29) is 11.4 Å². The fourth-order valence-corrected chi connectivity index (χ4v) is 0.998. The van der Waals surface area contributed by atoms with E-state index >= 15 is 0 Å². The third-order valence-electron chi connectivity index (χ3n) is 1.76. The second-order valence-corrected chi connectivity index (χ2v) is 2.88. The van der Waals surface area contributed by atoms with Gasteiger partial charge in [-0.2, -0.15) is 13.2 Å². The molecular weight excluding hydrogens is 209 g/mol. The first-order valence-electron chi connectivity index (χ1n) is 4.36. The first kappa shape index (κ1) is 11.8. The summed E-state index contributed by atoms with van der Waals surface area (Å²) in [6.45, 7) is 2.18. The number of halogens is 3. The molecule has 0 aliphatic carbocycles. The molecule has 6 heteroatoms. The van der Waals surface area contributed by atoms with Gasteiger partial charge in [-0.05, 0) is 12.5 Å². The van der Waals surface area contributed by atoms with Gasteiger partial charge < -0.3 is 10.5 Å². The van der Waals surface area contributed by atoms with Gasteiger partial charge in [-0.3, -0.25) is 0 Å². The molecule has 15 heavy (non-hydrogen) atoms. The molecule has 1 rings (SSSR count). The van der Waals surface area contributed by atoms with Crippen molar-refractivity contribution in [1.82, 2.24) is 4.98 Å². The van der Waals surface area contributed by atoms with Crippen LogP contribution in [-0.4, -0.2) is 17.8 Å². The zero-order valence-corrected chi connectivity index (χ0v) is 8.08. The number of hydrogen-bond acceptors (Lipinski definition) is 3. The van der Waals surface area contributed by atoms with Crippen LogP contribution in [-0.2, 0) is 0 Å². The van der Waals surface area contributed by atoms with Gasteiger partial charge in [0.2, 0.25) is 5.88 Å². The van der Waals surface area contributed by atoms with E-state index in [1.165, 1.54) is 12.1 Å². The van der Waals surface area contributed by atoms with Gasteiger partial charge in [0.05, 0.1) is 6.61 Å². The number of ether oxygens (including phenoxy) is 1. The average Bonchev–Trinajstić information content (AvgIpc) is 2.17. The number of nitrogens with two attached hydrogens (primary N) is 1. The Hall–Kier alpha value is -1.30. The summed E-state index contributed by atoms with van der Waals surface area (Å²) in [7, 11) is 0. The third-order valence-corrected chi connectivity index (χ3v) is 1.76. The maximum Gasteiger partial charge on any atom is 0.407 e. The summed E-state index contributed by atoms with van der Waals surface area (Å²) < 4.78 is 41.6. The summed E-state index contributed by atoms with van der Waals surface area (Å²) in [6, 6.07) is 0.626. The Labute approximate surface area is 85.1 Å². The van der Waals surface area contributed by atoms with E-state index in [9.17, 15) is 13.2 Å². The summed E-state index contributed by atoms with van der Waals surface area (Å²) in [5.74, 6) is 0.288. The standard InChI is InChI=1S/C9H11F3N2O/c1-2-15-7-4-3-6(5-14-7)8(13)9(10,11)12/h3-5,8H,2,13H2,1H3/t8-/m1/s1. The van der Waals surface area contributed by atoms with Crippen LogP contribution in [0.15, 0.2) is 18.3 Å². The molecule has 0 spiro atoms. The number of alkyl halides is 3. The van der Waals surface area contributed by atoms with Gasteiger partial charge in [0.25, 0.3) is 0 Å². The molecule has 1 aromatic heterocycles. The topological polar surface area (TPSA) is 48.1 Å². The molecule has 0 fully saturated rings. The number of nitrogens with zero attached hydrogens (tertiary/aromatic N) is 1. The number of hydrogen-bond donors (Lipinski definition) is 1. The van der Waals surface area contributed by atoms with E-state index in [1.807, 2.05) is 0 Å². The first-order chi connectivity index (χ1) is 6.95. The Kier molecular flexibility index (Phi) is 3.52. The summed E-state index contributed by atoms with van der Waals surface area (Å²) in [4.78, 5) is 3.70. The Bertz CT molecular complexity index is 310. The second-order valence-electron chi connectivity index (χ2n) is 2.88. The van der Waals surface area contributed by atoms with Gasteiger partial charge in [0.1, 0.15) is 6.04 Å². The van der Waals surface area contributed by atoms with E-state index in [0.717, 1.165) is 6.20 Å². The van der Waals surface area contributed by atoms with Gasteiger partial charge in [0, 0.05) is 12.3 Å². The van der Waals surface area contributed by atoms with E-state index in [4.69, 9.17) is 10.5 Å². The lowest BCUT2D eigenvalue weighted by atomic mass is 10.1. The molecule has 0 aliphatic rings. The second kappa shape index (κ2) is 4.48. The van der Waals surface area contributed by atoms with Crippen LogP contribution in [0.25, 0.3) is 0 Å². The fraction of sp³-hybridized carbons (Fsp3) is 0.444. The highest BCUT2D eigenvalue weighted by Crippen LogP contribution is 2.30. The van der Waals surface area contributed by atoms with E-state index in [1.54, 1.807) is 6.92 Å². The van der Waals surface area contributed by atoms with Crippen LogP contribution in [0.3, 0.4) is 0 Å². The van der Waals surface area contributed by atoms with Crippen LogP contribution < -0.4 is 10.5 Å². The van der Waals surface area contributed by atoms with Crippen LogP contribution in [0.4, 0.5) is 13.2 Å². The highest BCUT2D eigenvalue weighted by molar-refractivity contribution is 5.21. The molecule has 1 atom stereocenters. The molecule has 0 radical (unpaired) electrons. The smallest absolute Gasteiger partial charge is 0.407 e. The summed E-state index contributed by atoms with van der Waals surface area (Å²) in [6.07, 6.45) is -3.38. The monoisotopic (exact) mass is 220 g/mol. The molecule has 84 valence electrons. The minimum absolute atomic E-state index is 0.0778. The SMILES string of the molecule is CCOc1ccc([C@@H](N)C(F)(F)F)cn1. The molecule has 0 saturated heterocycles. The lowest BCUT2D eigenvalue weighted by Crippen LogP contribution is -2.28. The lowest BCUT2D eigenvalue weighted by Gasteiger charge is -2.15. The Morgan fingerprint density at radius 2 is 2.13 bits per heavy atom. The van der Waals surface area contributed by atoms with Crippen LogP contribution in [0, 0.1) is 0 Å². The van der Waals surface area contributed by atoms with Crippen LogP contribution in [0.2, 0.25) is 0 Å². The van der Waals surface area contributed by atoms with Crippen molar-refractivity contribution in [3.63, 3.8) is 0 Å². The molecule has 0 amide bonds. The predicted molar refractivity (Wildman–Crippen MR) is 48.4 cm³/mol. The Balaban J connectivity index is 2.80. The van der Waals surface area contributed by atoms with Gasteiger partial charge in [0.15, 0.2) is 0 Å². The molecule has 1 aromatic rings. The maximum atomic E-state index is 12.2. The molecular formula is C9H11F3N2O. The Morgan fingerprint density at radius 3 is 2.53 bits per heavy atom. The Morgan fingerprint density at radius 1 is 1.47 bits per heavy atom. The molecule has 0 aliphatic heterocycles. The van der Waals surface area contributed by atoms with E-state index in [2.05, 4.69) is 4.98 Å². The largest absolute Gasteiger partial charge is 0.478 e. The van der Waals surface area contributed by atoms with Crippen LogP contribution in [0.5, 0.6) is 5.88 Å². The number of pyridine rings is 1. The van der Waals surface area contributed by atoms with Crippen LogP contribution >= 0.6 is 0 Å². The third kappa shape index (κ3) is 3.09. The maximum absolute atomic E-state index is 12.2. The van der Waals surface area contributed by atoms with E-state index < -0.39 is 12.2 Å². The highest BCUT2D eigenvalue weighted by Gasteiger charge is 2.37. The zero-order chi connectivity index (χ0) is 11.5. The van der Waals surface area contributed by atoms with Gasteiger partial charge >= 0.3 is 6.18 Å². The summed E-state index contributed by atoms with van der Waals surface area (Å²) in [5, 5.41) is 0. The van der Waals surface area contributed by atoms with Crippen molar-refractivity contribution in [2.45, 2.75) is 19.1 Å². The van der Waals surface area contributed by atoms with Crippen molar-refractivity contribution in [2.24, 2.45) is 5.73 Å². The van der Waals surface area contributed by atoms with E-state index in [0.29, 0.717) is 6.61 Å². The number of aromatic nitrogens is 1.